The molecule has 2 rings (SSSR count). The molecule has 1 fully saturated rings. The van der Waals surface area contributed by atoms with Crippen LogP contribution in [-0.4, -0.2) is 30.1 Å². The van der Waals surface area contributed by atoms with Gasteiger partial charge in [-0.25, -0.2) is 4.98 Å². The highest BCUT2D eigenvalue weighted by atomic mass is 32.2. The molecule has 1 atom stereocenters. The minimum absolute atomic E-state index is 0.880. The number of hydrogen-bond acceptors (Lipinski definition) is 4. The van der Waals surface area contributed by atoms with Crippen molar-refractivity contribution >= 4 is 23.1 Å². The van der Waals surface area contributed by atoms with E-state index in [1.807, 2.05) is 18.4 Å². The molecule has 1 aromatic heterocycles. The maximum absolute atomic E-state index is 4.76. The van der Waals surface area contributed by atoms with Crippen molar-refractivity contribution in [3.05, 3.63) is 16.1 Å². The largest absolute Gasteiger partial charge is 0.320 e. The van der Waals surface area contributed by atoms with Crippen LogP contribution in [0.15, 0.2) is 5.38 Å². The molecule has 2 heterocycles. The molecule has 1 unspecified atom stereocenters. The van der Waals surface area contributed by atoms with Gasteiger partial charge >= 0.3 is 0 Å². The van der Waals surface area contributed by atoms with Crippen LogP contribution in [0.5, 0.6) is 0 Å². The molecule has 1 aromatic rings. The van der Waals surface area contributed by atoms with Crippen LogP contribution in [0.2, 0.25) is 0 Å². The summed E-state index contributed by atoms with van der Waals surface area (Å²) >= 11 is 3.97. The standard InChI is InChI=1S/C13H22N2S2/c1-14-6-2-5-12-10-17-13(15-12)8-11-4-3-7-16-9-11/h10-11,14H,2-9H2,1H3. The van der Waals surface area contributed by atoms with Crippen molar-refractivity contribution in [2.45, 2.75) is 32.1 Å². The van der Waals surface area contributed by atoms with Crippen molar-refractivity contribution in [1.82, 2.24) is 10.3 Å². The Balaban J connectivity index is 1.76. The summed E-state index contributed by atoms with van der Waals surface area (Å²) in [7, 11) is 2.01. The van der Waals surface area contributed by atoms with E-state index >= 15 is 0 Å². The number of nitrogens with zero attached hydrogens (tertiary/aromatic N) is 1. The van der Waals surface area contributed by atoms with Gasteiger partial charge in [0.2, 0.25) is 0 Å². The van der Waals surface area contributed by atoms with Crippen molar-refractivity contribution in [3.63, 3.8) is 0 Å². The smallest absolute Gasteiger partial charge is 0.0931 e. The number of rotatable bonds is 6. The Morgan fingerprint density at radius 3 is 3.24 bits per heavy atom. The molecule has 2 nitrogen and oxygen atoms in total. The van der Waals surface area contributed by atoms with Crippen LogP contribution in [-0.2, 0) is 12.8 Å². The van der Waals surface area contributed by atoms with Gasteiger partial charge in [-0.3, -0.25) is 0 Å². The summed E-state index contributed by atoms with van der Waals surface area (Å²) in [6.45, 7) is 1.09. The first kappa shape index (κ1) is 13.4. The molecule has 0 aliphatic carbocycles. The van der Waals surface area contributed by atoms with Crippen LogP contribution < -0.4 is 5.32 Å². The van der Waals surface area contributed by atoms with Crippen LogP contribution in [0.3, 0.4) is 0 Å². The van der Waals surface area contributed by atoms with Gasteiger partial charge in [-0.1, -0.05) is 0 Å². The van der Waals surface area contributed by atoms with Gasteiger partial charge in [0.1, 0.15) is 0 Å². The second-order valence-corrected chi connectivity index (χ2v) is 6.82. The number of thioether (sulfide) groups is 1. The fourth-order valence-corrected chi connectivity index (χ4v) is 4.32. The lowest BCUT2D eigenvalue weighted by Crippen LogP contribution is -2.13. The zero-order valence-electron chi connectivity index (χ0n) is 10.6. The number of nitrogens with one attached hydrogen (secondary N) is 1. The van der Waals surface area contributed by atoms with Crippen molar-refractivity contribution < 1.29 is 0 Å². The first-order chi connectivity index (χ1) is 8.38. The third kappa shape index (κ3) is 4.60. The number of aromatic nitrogens is 1. The Hall–Kier alpha value is -0.0600. The van der Waals surface area contributed by atoms with Crippen LogP contribution in [0.25, 0.3) is 0 Å². The quantitative estimate of drug-likeness (QED) is 0.805. The average Bonchev–Trinajstić information content (AvgIpc) is 2.79. The Morgan fingerprint density at radius 2 is 2.47 bits per heavy atom. The van der Waals surface area contributed by atoms with Gasteiger partial charge in [-0.05, 0) is 56.7 Å². The topological polar surface area (TPSA) is 24.9 Å². The molecule has 96 valence electrons. The van der Waals surface area contributed by atoms with Crippen LogP contribution in [0.4, 0.5) is 0 Å². The SMILES string of the molecule is CNCCCc1csc(CC2CCCSC2)n1. The Labute approximate surface area is 113 Å². The molecule has 4 heteroatoms. The zero-order chi connectivity index (χ0) is 11.9. The summed E-state index contributed by atoms with van der Waals surface area (Å²) in [5, 5.41) is 6.79. The fourth-order valence-electron chi connectivity index (χ4n) is 2.22. The van der Waals surface area contributed by atoms with Crippen molar-refractivity contribution in [3.8, 4) is 0 Å². The summed E-state index contributed by atoms with van der Waals surface area (Å²) < 4.78 is 0. The normalized spacial score (nSPS) is 20.6. The third-order valence-electron chi connectivity index (χ3n) is 3.18. The van der Waals surface area contributed by atoms with E-state index in [4.69, 9.17) is 4.98 Å². The van der Waals surface area contributed by atoms with E-state index in [1.165, 1.54) is 47.9 Å². The molecule has 0 radical (unpaired) electrons. The predicted octanol–water partition coefficient (Wildman–Crippen LogP) is 2.98. The van der Waals surface area contributed by atoms with Crippen LogP contribution in [0.1, 0.15) is 30.0 Å². The van der Waals surface area contributed by atoms with Gasteiger partial charge < -0.3 is 5.32 Å². The maximum Gasteiger partial charge on any atom is 0.0931 e. The highest BCUT2D eigenvalue weighted by Gasteiger charge is 2.15. The highest BCUT2D eigenvalue weighted by Crippen LogP contribution is 2.26. The molecule has 1 saturated heterocycles. The molecule has 0 saturated carbocycles. The van der Waals surface area contributed by atoms with Gasteiger partial charge in [0.25, 0.3) is 0 Å². The Morgan fingerprint density at radius 1 is 1.53 bits per heavy atom. The van der Waals surface area contributed by atoms with Gasteiger partial charge in [-0.2, -0.15) is 11.8 Å². The Kier molecular flexibility index (Phi) is 5.81. The van der Waals surface area contributed by atoms with E-state index in [0.29, 0.717) is 0 Å². The summed E-state index contributed by atoms with van der Waals surface area (Å²) in [5.74, 6) is 3.59. The fraction of sp³-hybridized carbons (Fsp3) is 0.769. The molecule has 1 aliphatic rings. The molecule has 0 aromatic carbocycles. The first-order valence-corrected chi connectivity index (χ1v) is 8.57. The molecule has 0 spiro atoms. The minimum atomic E-state index is 0.880. The van der Waals surface area contributed by atoms with E-state index in [-0.39, 0.29) is 0 Å². The molecule has 1 aliphatic heterocycles. The van der Waals surface area contributed by atoms with E-state index in [0.717, 1.165) is 18.9 Å². The molecular weight excluding hydrogens is 248 g/mol. The summed E-state index contributed by atoms with van der Waals surface area (Å²) in [5.41, 5.74) is 1.30. The predicted molar refractivity (Wildman–Crippen MR) is 78.1 cm³/mol. The maximum atomic E-state index is 4.76. The lowest BCUT2D eigenvalue weighted by molar-refractivity contribution is 0.519. The Bertz CT molecular complexity index is 319. The summed E-state index contributed by atoms with van der Waals surface area (Å²) in [4.78, 5) is 4.76. The van der Waals surface area contributed by atoms with E-state index in [2.05, 4.69) is 22.5 Å². The number of aryl methyl sites for hydroxylation is 1. The van der Waals surface area contributed by atoms with Crippen molar-refractivity contribution in [2.75, 3.05) is 25.1 Å². The zero-order valence-corrected chi connectivity index (χ0v) is 12.2. The first-order valence-electron chi connectivity index (χ1n) is 6.54. The second kappa shape index (κ2) is 7.39. The third-order valence-corrected chi connectivity index (χ3v) is 5.38. The summed E-state index contributed by atoms with van der Waals surface area (Å²) in [6, 6.07) is 0. The van der Waals surface area contributed by atoms with Gasteiger partial charge in [-0.15, -0.1) is 11.3 Å². The van der Waals surface area contributed by atoms with Gasteiger partial charge in [0, 0.05) is 11.8 Å². The lowest BCUT2D eigenvalue weighted by atomic mass is 10.0. The van der Waals surface area contributed by atoms with Gasteiger partial charge in [0.05, 0.1) is 10.7 Å². The van der Waals surface area contributed by atoms with E-state index in [9.17, 15) is 0 Å². The summed E-state index contributed by atoms with van der Waals surface area (Å²) in [6.07, 6.45) is 6.33. The second-order valence-electron chi connectivity index (χ2n) is 4.73. The number of thiazole rings is 1. The van der Waals surface area contributed by atoms with Crippen LogP contribution >= 0.6 is 23.1 Å². The van der Waals surface area contributed by atoms with Crippen LogP contribution in [0, 0.1) is 5.92 Å². The number of hydrogen-bond donors (Lipinski definition) is 1. The van der Waals surface area contributed by atoms with Crippen molar-refractivity contribution in [2.24, 2.45) is 5.92 Å². The highest BCUT2D eigenvalue weighted by molar-refractivity contribution is 7.99. The molecular formula is C13H22N2S2. The van der Waals surface area contributed by atoms with E-state index < -0.39 is 0 Å². The van der Waals surface area contributed by atoms with Crippen molar-refractivity contribution in [1.29, 1.82) is 0 Å². The monoisotopic (exact) mass is 270 g/mol. The molecule has 1 N–H and O–H groups in total. The molecule has 0 amide bonds. The van der Waals surface area contributed by atoms with Gasteiger partial charge in [0.15, 0.2) is 0 Å². The average molecular weight is 270 g/mol. The minimum Gasteiger partial charge on any atom is -0.320 e. The molecule has 0 bridgehead atoms. The lowest BCUT2D eigenvalue weighted by Gasteiger charge is -2.19. The van der Waals surface area contributed by atoms with E-state index in [1.54, 1.807) is 0 Å². The molecule has 17 heavy (non-hydrogen) atoms.